The molecular formula is C22H20BrNO3S2. The van der Waals surface area contributed by atoms with Crippen LogP contribution >= 0.6 is 39.9 Å². The van der Waals surface area contributed by atoms with E-state index in [2.05, 4.69) is 34.0 Å². The fourth-order valence-electron chi connectivity index (χ4n) is 3.07. The molecule has 2 aromatic carbocycles. The van der Waals surface area contributed by atoms with Gasteiger partial charge in [-0.1, -0.05) is 60.2 Å². The summed E-state index contributed by atoms with van der Waals surface area (Å²) in [5.74, 6) is 3.62. The van der Waals surface area contributed by atoms with Crippen LogP contribution in [0, 0.1) is 12.3 Å². The minimum absolute atomic E-state index is 0.0543. The summed E-state index contributed by atoms with van der Waals surface area (Å²) in [5.41, 5.74) is 2.15. The van der Waals surface area contributed by atoms with E-state index in [0.29, 0.717) is 28.8 Å². The molecule has 29 heavy (non-hydrogen) atoms. The van der Waals surface area contributed by atoms with E-state index in [1.165, 1.54) is 17.3 Å². The zero-order valence-corrected chi connectivity index (χ0v) is 19.1. The zero-order chi connectivity index (χ0) is 20.8. The Morgan fingerprint density at radius 1 is 1.28 bits per heavy atom. The predicted octanol–water partition coefficient (Wildman–Crippen LogP) is 4.48. The lowest BCUT2D eigenvalue weighted by Gasteiger charge is -2.16. The molecule has 0 aromatic heterocycles. The largest absolute Gasteiger partial charge is 0.493 e. The van der Waals surface area contributed by atoms with Crippen LogP contribution in [-0.4, -0.2) is 40.6 Å². The molecule has 0 bridgehead atoms. The number of hydrogen-bond acceptors (Lipinski definition) is 5. The monoisotopic (exact) mass is 489 g/mol. The number of nitrogens with zero attached hydrogens (tertiary/aromatic N) is 1. The van der Waals surface area contributed by atoms with Crippen molar-refractivity contribution < 1.29 is 14.3 Å². The summed E-state index contributed by atoms with van der Waals surface area (Å²) in [5, 5.41) is -0.243. The van der Waals surface area contributed by atoms with Gasteiger partial charge in [-0.25, -0.2) is 0 Å². The third-order valence-electron chi connectivity index (χ3n) is 4.48. The van der Waals surface area contributed by atoms with Gasteiger partial charge < -0.3 is 9.47 Å². The van der Waals surface area contributed by atoms with Crippen molar-refractivity contribution in [1.82, 2.24) is 4.90 Å². The van der Waals surface area contributed by atoms with Gasteiger partial charge in [-0.05, 0) is 52.0 Å². The van der Waals surface area contributed by atoms with Crippen molar-refractivity contribution in [1.29, 1.82) is 0 Å². The second kappa shape index (κ2) is 10.1. The lowest BCUT2D eigenvalue weighted by atomic mass is 10.1. The molecule has 4 nitrogen and oxygen atoms in total. The maximum Gasteiger partial charge on any atom is 0.241 e. The summed E-state index contributed by atoms with van der Waals surface area (Å²) in [6.07, 6.45) is 6.60. The summed E-state index contributed by atoms with van der Waals surface area (Å²) in [6.45, 7) is 0.743. The van der Waals surface area contributed by atoms with Crippen LogP contribution in [-0.2, 0) is 17.6 Å². The zero-order valence-electron chi connectivity index (χ0n) is 15.9. The van der Waals surface area contributed by atoms with Gasteiger partial charge in [0.2, 0.25) is 5.91 Å². The van der Waals surface area contributed by atoms with Gasteiger partial charge in [0.05, 0.1) is 16.8 Å². The highest BCUT2D eigenvalue weighted by atomic mass is 79.9. The minimum Gasteiger partial charge on any atom is -0.493 e. The molecule has 1 aliphatic heterocycles. The van der Waals surface area contributed by atoms with E-state index in [0.717, 1.165) is 16.5 Å². The average Bonchev–Trinajstić information content (AvgIpc) is 2.98. The molecule has 0 saturated carbocycles. The topological polar surface area (TPSA) is 38.8 Å². The second-order valence-electron chi connectivity index (χ2n) is 6.40. The highest BCUT2D eigenvalue weighted by molar-refractivity contribution is 9.10. The fraction of sp³-hybridized carbons (Fsp3) is 0.273. The SMILES string of the molecule is C#CCOc1c(Br)cc(C[C@@H]2SC(=S)N(CCc3ccccc3)C2=O)cc1OC. The molecule has 0 N–H and O–H groups in total. The summed E-state index contributed by atoms with van der Waals surface area (Å²) < 4.78 is 12.4. The minimum atomic E-state index is -0.243. The normalized spacial score (nSPS) is 16.0. The number of hydrogen-bond donors (Lipinski definition) is 0. The number of carbonyl (C=O) groups is 1. The first-order valence-electron chi connectivity index (χ1n) is 9.02. The number of carbonyl (C=O) groups excluding carboxylic acids is 1. The molecule has 0 unspecified atom stereocenters. The Bertz CT molecular complexity index is 943. The molecule has 1 atom stereocenters. The van der Waals surface area contributed by atoms with E-state index >= 15 is 0 Å². The van der Waals surface area contributed by atoms with E-state index in [4.69, 9.17) is 28.1 Å². The summed E-state index contributed by atoms with van der Waals surface area (Å²) in [4.78, 5) is 14.6. The van der Waals surface area contributed by atoms with Gasteiger partial charge in [-0.2, -0.15) is 0 Å². The number of benzene rings is 2. The third kappa shape index (κ3) is 5.33. The van der Waals surface area contributed by atoms with Crippen molar-refractivity contribution >= 4 is 50.1 Å². The number of thiocarbonyl (C=S) groups is 1. The van der Waals surface area contributed by atoms with Gasteiger partial charge in [0.15, 0.2) is 11.5 Å². The molecule has 3 rings (SSSR count). The summed E-state index contributed by atoms with van der Waals surface area (Å²) in [6, 6.07) is 13.9. The maximum absolute atomic E-state index is 12.9. The maximum atomic E-state index is 12.9. The number of terminal acetylenes is 1. The van der Waals surface area contributed by atoms with Crippen LogP contribution < -0.4 is 9.47 Å². The number of amides is 1. The lowest BCUT2D eigenvalue weighted by molar-refractivity contribution is -0.126. The second-order valence-corrected chi connectivity index (χ2v) is 9.09. The first kappa shape index (κ1) is 21.7. The Kier molecular flexibility index (Phi) is 7.59. The average molecular weight is 490 g/mol. The number of ether oxygens (including phenoxy) is 2. The van der Waals surface area contributed by atoms with Gasteiger partial charge in [0.25, 0.3) is 0 Å². The van der Waals surface area contributed by atoms with Gasteiger partial charge in [-0.3, -0.25) is 9.69 Å². The van der Waals surface area contributed by atoms with Crippen LogP contribution in [0.15, 0.2) is 46.9 Å². The van der Waals surface area contributed by atoms with Crippen LogP contribution in [0.2, 0.25) is 0 Å². The van der Waals surface area contributed by atoms with Crippen molar-refractivity contribution in [3.05, 3.63) is 58.1 Å². The van der Waals surface area contributed by atoms with Crippen LogP contribution in [0.5, 0.6) is 11.5 Å². The van der Waals surface area contributed by atoms with E-state index < -0.39 is 0 Å². The van der Waals surface area contributed by atoms with Gasteiger partial charge in [0, 0.05) is 6.54 Å². The molecule has 1 aliphatic rings. The molecule has 1 fully saturated rings. The molecule has 2 aromatic rings. The molecule has 0 radical (unpaired) electrons. The number of halogens is 1. The molecule has 0 spiro atoms. The molecule has 1 heterocycles. The van der Waals surface area contributed by atoms with Crippen LogP contribution in [0.3, 0.4) is 0 Å². The van der Waals surface area contributed by atoms with E-state index in [-0.39, 0.29) is 17.8 Å². The van der Waals surface area contributed by atoms with Crippen LogP contribution in [0.1, 0.15) is 11.1 Å². The van der Waals surface area contributed by atoms with Crippen molar-refractivity contribution in [3.8, 4) is 23.8 Å². The van der Waals surface area contributed by atoms with E-state index in [9.17, 15) is 4.79 Å². The Hall–Kier alpha value is -2.01. The van der Waals surface area contributed by atoms with Crippen LogP contribution in [0.4, 0.5) is 0 Å². The Balaban J connectivity index is 1.69. The predicted molar refractivity (Wildman–Crippen MR) is 125 cm³/mol. The van der Waals surface area contributed by atoms with E-state index in [1.807, 2.05) is 30.3 Å². The van der Waals surface area contributed by atoms with Crippen molar-refractivity contribution in [3.63, 3.8) is 0 Å². The standard InChI is InChI=1S/C22H20BrNO3S2/c1-3-11-27-20-17(23)12-16(13-18(20)26-2)14-19-21(25)24(22(28)29-19)10-9-15-7-5-4-6-8-15/h1,4-8,12-13,19H,9-11,14H2,2H3/t19-/m0/s1. The lowest BCUT2D eigenvalue weighted by Crippen LogP contribution is -2.33. The van der Waals surface area contributed by atoms with Gasteiger partial charge >= 0.3 is 0 Å². The molecule has 1 amide bonds. The fourth-order valence-corrected chi connectivity index (χ4v) is 5.26. The number of rotatable bonds is 8. The van der Waals surface area contributed by atoms with Crippen molar-refractivity contribution in [2.24, 2.45) is 0 Å². The number of thioether (sulfide) groups is 1. The highest BCUT2D eigenvalue weighted by Crippen LogP contribution is 2.38. The molecule has 7 heteroatoms. The first-order chi connectivity index (χ1) is 14.0. The molecule has 0 aliphatic carbocycles. The Morgan fingerprint density at radius 3 is 2.72 bits per heavy atom. The quantitative estimate of drug-likeness (QED) is 0.403. The number of methoxy groups -OCH3 is 1. The third-order valence-corrected chi connectivity index (χ3v) is 6.65. The molecule has 1 saturated heterocycles. The van der Waals surface area contributed by atoms with Gasteiger partial charge in [0.1, 0.15) is 10.9 Å². The van der Waals surface area contributed by atoms with Gasteiger partial charge in [-0.15, -0.1) is 6.42 Å². The van der Waals surface area contributed by atoms with Crippen molar-refractivity contribution in [2.45, 2.75) is 18.1 Å². The van der Waals surface area contributed by atoms with E-state index in [1.54, 1.807) is 12.0 Å². The smallest absolute Gasteiger partial charge is 0.241 e. The van der Waals surface area contributed by atoms with Crippen LogP contribution in [0.25, 0.3) is 0 Å². The molecule has 150 valence electrons. The highest BCUT2D eigenvalue weighted by Gasteiger charge is 2.36. The Morgan fingerprint density at radius 2 is 2.03 bits per heavy atom. The molecular weight excluding hydrogens is 470 g/mol. The Labute approximate surface area is 189 Å². The summed E-state index contributed by atoms with van der Waals surface area (Å²) >= 11 is 10.4. The van der Waals surface area contributed by atoms with Crippen molar-refractivity contribution in [2.75, 3.05) is 20.3 Å². The summed E-state index contributed by atoms with van der Waals surface area (Å²) in [7, 11) is 1.57. The first-order valence-corrected chi connectivity index (χ1v) is 11.1.